The minimum Gasteiger partial charge on any atom is -0.341 e. The molecule has 1 aliphatic heterocycles. The Kier molecular flexibility index (Phi) is 6.69. The van der Waals surface area contributed by atoms with E-state index >= 15 is 0 Å². The molecule has 0 radical (unpaired) electrons. The van der Waals surface area contributed by atoms with Crippen LogP contribution in [0.1, 0.15) is 38.7 Å². The molecule has 1 saturated heterocycles. The number of benzene rings is 1. The Balaban J connectivity index is 0.00000220. The van der Waals surface area contributed by atoms with Crippen LogP contribution >= 0.6 is 12.4 Å². The molecule has 1 aromatic carbocycles. The molecule has 3 nitrogen and oxygen atoms in total. The van der Waals surface area contributed by atoms with Gasteiger partial charge in [-0.05, 0) is 37.7 Å². The molecule has 2 atom stereocenters. The summed E-state index contributed by atoms with van der Waals surface area (Å²) in [5.41, 5.74) is 6.82. The Morgan fingerprint density at radius 1 is 1.38 bits per heavy atom. The predicted molar refractivity (Wildman–Crippen MR) is 89.6 cm³/mol. The maximum Gasteiger partial charge on any atom is 0.242 e. The van der Waals surface area contributed by atoms with Crippen molar-refractivity contribution in [1.29, 1.82) is 0 Å². The number of hydrogen-bond acceptors (Lipinski definition) is 2. The Labute approximate surface area is 134 Å². The normalized spacial score (nSPS) is 20.7. The fourth-order valence-electron chi connectivity index (χ4n) is 3.12. The third-order valence-electron chi connectivity index (χ3n) is 4.20. The van der Waals surface area contributed by atoms with E-state index in [1.807, 2.05) is 17.9 Å². The van der Waals surface area contributed by atoms with Gasteiger partial charge in [0.2, 0.25) is 5.91 Å². The van der Waals surface area contributed by atoms with E-state index in [0.717, 1.165) is 38.8 Å². The van der Waals surface area contributed by atoms with Crippen LogP contribution in [0.3, 0.4) is 0 Å². The average molecular weight is 311 g/mol. The molecule has 2 N–H and O–H groups in total. The van der Waals surface area contributed by atoms with Gasteiger partial charge >= 0.3 is 0 Å². The lowest BCUT2D eigenvalue weighted by Gasteiger charge is -2.29. The van der Waals surface area contributed by atoms with Crippen molar-refractivity contribution in [3.8, 4) is 0 Å². The summed E-state index contributed by atoms with van der Waals surface area (Å²) >= 11 is 0. The first-order valence-corrected chi connectivity index (χ1v) is 7.65. The molecule has 0 spiro atoms. The van der Waals surface area contributed by atoms with E-state index in [1.165, 1.54) is 5.56 Å². The number of carbonyl (C=O) groups excluding carboxylic acids is 1. The molecule has 4 heteroatoms. The zero-order valence-corrected chi connectivity index (χ0v) is 13.9. The van der Waals surface area contributed by atoms with Crippen molar-refractivity contribution >= 4 is 18.3 Å². The zero-order chi connectivity index (χ0) is 14.6. The molecule has 1 aliphatic rings. The van der Waals surface area contributed by atoms with Crippen LogP contribution in [0.15, 0.2) is 30.3 Å². The van der Waals surface area contributed by atoms with Gasteiger partial charge in [0.25, 0.3) is 0 Å². The highest BCUT2D eigenvalue weighted by atomic mass is 35.5. The fraction of sp³-hybridized carbons (Fsp3) is 0.588. The standard InChI is InChI=1S/C17H26N2O.ClH/c1-3-10-17(2,18)16(20)19-11-9-15(13-19)12-14-7-5-4-6-8-14;/h4-8,15H,3,9-13,18H2,1-2H3;1H. The third-order valence-corrected chi connectivity index (χ3v) is 4.20. The minimum absolute atomic E-state index is 0. The highest BCUT2D eigenvalue weighted by Gasteiger charge is 2.35. The van der Waals surface area contributed by atoms with Gasteiger partial charge in [0, 0.05) is 13.1 Å². The first-order chi connectivity index (χ1) is 9.53. The molecule has 21 heavy (non-hydrogen) atoms. The van der Waals surface area contributed by atoms with Crippen LogP contribution in [-0.2, 0) is 11.2 Å². The van der Waals surface area contributed by atoms with Crippen molar-refractivity contribution in [2.24, 2.45) is 11.7 Å². The summed E-state index contributed by atoms with van der Waals surface area (Å²) in [6, 6.07) is 10.5. The number of nitrogens with zero attached hydrogens (tertiary/aromatic N) is 1. The Morgan fingerprint density at radius 2 is 2.05 bits per heavy atom. The molecule has 118 valence electrons. The lowest BCUT2D eigenvalue weighted by Crippen LogP contribution is -2.52. The van der Waals surface area contributed by atoms with Crippen LogP contribution in [0.25, 0.3) is 0 Å². The molecule has 0 aromatic heterocycles. The quantitative estimate of drug-likeness (QED) is 0.908. The number of halogens is 1. The summed E-state index contributed by atoms with van der Waals surface area (Å²) in [5.74, 6) is 0.689. The lowest BCUT2D eigenvalue weighted by atomic mass is 9.95. The highest BCUT2D eigenvalue weighted by molar-refractivity contribution is 5.86. The van der Waals surface area contributed by atoms with Crippen LogP contribution in [0, 0.1) is 5.92 Å². The van der Waals surface area contributed by atoms with E-state index < -0.39 is 5.54 Å². The number of likely N-dealkylation sites (tertiary alicyclic amines) is 1. The van der Waals surface area contributed by atoms with Crippen molar-refractivity contribution < 1.29 is 4.79 Å². The van der Waals surface area contributed by atoms with Gasteiger partial charge in [-0.1, -0.05) is 43.7 Å². The monoisotopic (exact) mass is 310 g/mol. The van der Waals surface area contributed by atoms with Crippen molar-refractivity contribution in [2.75, 3.05) is 13.1 Å². The fourth-order valence-corrected chi connectivity index (χ4v) is 3.12. The van der Waals surface area contributed by atoms with Crippen molar-refractivity contribution in [1.82, 2.24) is 4.90 Å². The Hall–Kier alpha value is -1.06. The first-order valence-electron chi connectivity index (χ1n) is 7.65. The van der Waals surface area contributed by atoms with E-state index in [0.29, 0.717) is 5.92 Å². The topological polar surface area (TPSA) is 46.3 Å². The summed E-state index contributed by atoms with van der Waals surface area (Å²) < 4.78 is 0. The highest BCUT2D eigenvalue weighted by Crippen LogP contribution is 2.24. The van der Waals surface area contributed by atoms with Crippen molar-refractivity contribution in [2.45, 2.75) is 45.1 Å². The summed E-state index contributed by atoms with van der Waals surface area (Å²) in [7, 11) is 0. The summed E-state index contributed by atoms with van der Waals surface area (Å²) in [4.78, 5) is 14.4. The van der Waals surface area contributed by atoms with E-state index in [9.17, 15) is 4.79 Å². The van der Waals surface area contributed by atoms with Gasteiger partial charge in [-0.25, -0.2) is 0 Å². The predicted octanol–water partition coefficient (Wildman–Crippen LogP) is 3.02. The smallest absolute Gasteiger partial charge is 0.242 e. The van der Waals surface area contributed by atoms with Gasteiger partial charge in [0.05, 0.1) is 5.54 Å². The van der Waals surface area contributed by atoms with Crippen LogP contribution < -0.4 is 5.73 Å². The molecular formula is C17H27ClN2O. The zero-order valence-electron chi connectivity index (χ0n) is 13.0. The number of rotatable bonds is 5. The van der Waals surface area contributed by atoms with Crippen molar-refractivity contribution in [3.63, 3.8) is 0 Å². The molecular weight excluding hydrogens is 284 g/mol. The lowest BCUT2D eigenvalue weighted by molar-refractivity contribution is -0.135. The van der Waals surface area contributed by atoms with Crippen LogP contribution in [-0.4, -0.2) is 29.4 Å². The van der Waals surface area contributed by atoms with Gasteiger partial charge in [-0.15, -0.1) is 12.4 Å². The van der Waals surface area contributed by atoms with E-state index in [-0.39, 0.29) is 18.3 Å². The van der Waals surface area contributed by atoms with Gasteiger partial charge in [0.15, 0.2) is 0 Å². The number of nitrogens with two attached hydrogens (primary N) is 1. The third kappa shape index (κ3) is 4.72. The van der Waals surface area contributed by atoms with Crippen LogP contribution in [0.5, 0.6) is 0 Å². The summed E-state index contributed by atoms with van der Waals surface area (Å²) in [6.45, 7) is 5.64. The molecule has 2 unspecified atom stereocenters. The van der Waals surface area contributed by atoms with Gasteiger partial charge < -0.3 is 10.6 Å². The second-order valence-corrected chi connectivity index (χ2v) is 6.26. The van der Waals surface area contributed by atoms with E-state index in [4.69, 9.17) is 5.73 Å². The molecule has 0 saturated carbocycles. The summed E-state index contributed by atoms with van der Waals surface area (Å²) in [5, 5.41) is 0. The average Bonchev–Trinajstić information content (AvgIpc) is 2.87. The van der Waals surface area contributed by atoms with Crippen molar-refractivity contribution in [3.05, 3.63) is 35.9 Å². The molecule has 0 aliphatic carbocycles. The second-order valence-electron chi connectivity index (χ2n) is 6.26. The number of hydrogen-bond donors (Lipinski definition) is 1. The molecule has 0 bridgehead atoms. The van der Waals surface area contributed by atoms with Gasteiger partial charge in [0.1, 0.15) is 0 Å². The largest absolute Gasteiger partial charge is 0.341 e. The molecule has 1 heterocycles. The molecule has 1 amide bonds. The number of amides is 1. The maximum absolute atomic E-state index is 12.5. The SMILES string of the molecule is CCCC(C)(N)C(=O)N1CCC(Cc2ccccc2)C1.Cl. The second kappa shape index (κ2) is 7.81. The Morgan fingerprint density at radius 3 is 2.67 bits per heavy atom. The first kappa shape index (κ1) is 18.0. The summed E-state index contributed by atoms with van der Waals surface area (Å²) in [6.07, 6.45) is 3.84. The number of carbonyl (C=O) groups is 1. The molecule has 1 aromatic rings. The van der Waals surface area contributed by atoms with E-state index in [2.05, 4.69) is 31.2 Å². The molecule has 1 fully saturated rings. The van der Waals surface area contributed by atoms with Crippen LogP contribution in [0.2, 0.25) is 0 Å². The van der Waals surface area contributed by atoms with E-state index in [1.54, 1.807) is 0 Å². The van der Waals surface area contributed by atoms with Gasteiger partial charge in [-0.3, -0.25) is 4.79 Å². The minimum atomic E-state index is -0.698. The molecule has 2 rings (SSSR count). The van der Waals surface area contributed by atoms with Gasteiger partial charge in [-0.2, -0.15) is 0 Å². The van der Waals surface area contributed by atoms with Crippen LogP contribution in [0.4, 0.5) is 0 Å². The Bertz CT molecular complexity index is 447. The maximum atomic E-state index is 12.5.